The number of amides is 1. The van der Waals surface area contributed by atoms with Gasteiger partial charge >= 0.3 is 7.60 Å². The molecule has 0 aliphatic rings. The lowest BCUT2D eigenvalue weighted by molar-refractivity contribution is 0.100. The van der Waals surface area contributed by atoms with Crippen molar-refractivity contribution in [1.82, 2.24) is 4.57 Å². The SMILES string of the molecule is NC(=O)c1ccc2c(ccn2Cc2ccc(P(=O)(O)O)cc2)c1. The number of primary amides is 1. The molecular weight excluding hydrogens is 315 g/mol. The maximum Gasteiger partial charge on any atom is 0.356 e. The summed E-state index contributed by atoms with van der Waals surface area (Å²) < 4.78 is 13.2. The molecular formula is C16H15N2O4P. The molecule has 2 aromatic carbocycles. The summed E-state index contributed by atoms with van der Waals surface area (Å²) in [5.41, 5.74) is 7.60. The summed E-state index contributed by atoms with van der Waals surface area (Å²) >= 11 is 0. The summed E-state index contributed by atoms with van der Waals surface area (Å²) in [5, 5.41) is 0.915. The Morgan fingerprint density at radius 2 is 1.78 bits per heavy atom. The van der Waals surface area contributed by atoms with E-state index in [1.807, 2.05) is 22.9 Å². The van der Waals surface area contributed by atoms with Gasteiger partial charge in [-0.15, -0.1) is 0 Å². The van der Waals surface area contributed by atoms with Gasteiger partial charge in [0.1, 0.15) is 0 Å². The number of carbonyl (C=O) groups is 1. The first-order valence-corrected chi connectivity index (χ1v) is 8.49. The molecule has 1 amide bonds. The van der Waals surface area contributed by atoms with E-state index in [1.54, 1.807) is 24.3 Å². The van der Waals surface area contributed by atoms with E-state index in [1.165, 1.54) is 12.1 Å². The molecule has 7 heteroatoms. The van der Waals surface area contributed by atoms with E-state index < -0.39 is 13.5 Å². The van der Waals surface area contributed by atoms with Gasteiger partial charge in [-0.25, -0.2) is 0 Å². The van der Waals surface area contributed by atoms with Gasteiger partial charge in [0.15, 0.2) is 0 Å². The molecule has 23 heavy (non-hydrogen) atoms. The monoisotopic (exact) mass is 330 g/mol. The fraction of sp³-hybridized carbons (Fsp3) is 0.0625. The van der Waals surface area contributed by atoms with Crippen molar-refractivity contribution >= 4 is 29.7 Å². The molecule has 6 nitrogen and oxygen atoms in total. The highest BCUT2D eigenvalue weighted by atomic mass is 31.2. The smallest absolute Gasteiger partial charge is 0.356 e. The van der Waals surface area contributed by atoms with Crippen LogP contribution in [0.1, 0.15) is 15.9 Å². The number of nitrogens with zero attached hydrogens (tertiary/aromatic N) is 1. The van der Waals surface area contributed by atoms with Crippen LogP contribution in [0.5, 0.6) is 0 Å². The second-order valence-corrected chi connectivity index (χ2v) is 6.90. The van der Waals surface area contributed by atoms with Crippen LogP contribution in [0.15, 0.2) is 54.7 Å². The molecule has 0 unspecified atom stereocenters. The van der Waals surface area contributed by atoms with Crippen molar-refractivity contribution < 1.29 is 19.1 Å². The molecule has 0 bridgehead atoms. The van der Waals surface area contributed by atoms with Gasteiger partial charge in [0, 0.05) is 29.2 Å². The Hall–Kier alpha value is -2.40. The molecule has 0 fully saturated rings. The van der Waals surface area contributed by atoms with Crippen LogP contribution in [0.3, 0.4) is 0 Å². The number of benzene rings is 2. The highest BCUT2D eigenvalue weighted by molar-refractivity contribution is 7.60. The first-order chi connectivity index (χ1) is 10.8. The standard InChI is InChI=1S/C16H15N2O4P/c17-16(19)13-3-6-15-12(9-13)7-8-18(15)10-11-1-4-14(5-2-11)23(20,21)22/h1-9H,10H2,(H2,17,19)(H2,20,21,22). The summed E-state index contributed by atoms with van der Waals surface area (Å²) in [5.74, 6) is -0.465. The number of aromatic nitrogens is 1. The second kappa shape index (κ2) is 5.66. The third-order valence-electron chi connectivity index (χ3n) is 3.68. The zero-order valence-corrected chi connectivity index (χ0v) is 13.0. The summed E-state index contributed by atoms with van der Waals surface area (Å²) in [6.07, 6.45) is 1.90. The van der Waals surface area contributed by atoms with E-state index in [2.05, 4.69) is 0 Å². The highest BCUT2D eigenvalue weighted by Gasteiger charge is 2.16. The molecule has 0 atom stereocenters. The Bertz CT molecular complexity index is 925. The van der Waals surface area contributed by atoms with E-state index in [9.17, 15) is 9.36 Å². The van der Waals surface area contributed by atoms with Crippen LogP contribution in [0.2, 0.25) is 0 Å². The first-order valence-electron chi connectivity index (χ1n) is 6.88. The van der Waals surface area contributed by atoms with Crippen molar-refractivity contribution in [2.75, 3.05) is 0 Å². The number of nitrogens with two attached hydrogens (primary N) is 1. The van der Waals surface area contributed by atoms with E-state index in [-0.39, 0.29) is 5.30 Å². The first kappa shape index (κ1) is 15.5. The predicted molar refractivity (Wildman–Crippen MR) is 87.7 cm³/mol. The predicted octanol–water partition coefficient (Wildman–Crippen LogP) is 1.59. The van der Waals surface area contributed by atoms with Crippen LogP contribution < -0.4 is 11.0 Å². The van der Waals surface area contributed by atoms with E-state index in [4.69, 9.17) is 15.5 Å². The van der Waals surface area contributed by atoms with Crippen molar-refractivity contribution in [2.45, 2.75) is 6.54 Å². The second-order valence-electron chi connectivity index (χ2n) is 5.29. The molecule has 3 aromatic rings. The van der Waals surface area contributed by atoms with E-state index >= 15 is 0 Å². The largest absolute Gasteiger partial charge is 0.366 e. The van der Waals surface area contributed by atoms with E-state index in [0.29, 0.717) is 12.1 Å². The summed E-state index contributed by atoms with van der Waals surface area (Å²) in [6.45, 7) is 0.556. The zero-order valence-electron chi connectivity index (χ0n) is 12.1. The number of rotatable bonds is 4. The maximum absolute atomic E-state index is 11.2. The van der Waals surface area contributed by atoms with Crippen LogP contribution in [-0.2, 0) is 11.1 Å². The van der Waals surface area contributed by atoms with Crippen LogP contribution in [-0.4, -0.2) is 20.3 Å². The van der Waals surface area contributed by atoms with Gasteiger partial charge in [-0.3, -0.25) is 9.36 Å². The Labute approximate surface area is 132 Å². The molecule has 3 rings (SSSR count). The van der Waals surface area contributed by atoms with Crippen LogP contribution >= 0.6 is 7.60 Å². The van der Waals surface area contributed by atoms with Gasteiger partial charge in [-0.1, -0.05) is 12.1 Å². The Morgan fingerprint density at radius 1 is 1.09 bits per heavy atom. The van der Waals surface area contributed by atoms with E-state index in [0.717, 1.165) is 16.5 Å². The summed E-state index contributed by atoms with van der Waals surface area (Å²) in [7, 11) is -4.21. The molecule has 4 N–H and O–H groups in total. The van der Waals surface area contributed by atoms with Crippen molar-refractivity contribution in [3.63, 3.8) is 0 Å². The number of carbonyl (C=O) groups excluding carboxylic acids is 1. The molecule has 0 radical (unpaired) electrons. The third kappa shape index (κ3) is 3.19. The fourth-order valence-corrected chi connectivity index (χ4v) is 3.02. The minimum Gasteiger partial charge on any atom is -0.366 e. The summed E-state index contributed by atoms with van der Waals surface area (Å²) in [6, 6.07) is 13.4. The van der Waals surface area contributed by atoms with Gasteiger partial charge in [0.05, 0.1) is 5.30 Å². The van der Waals surface area contributed by atoms with Crippen LogP contribution in [0.4, 0.5) is 0 Å². The van der Waals surface area contributed by atoms with Crippen LogP contribution in [0, 0.1) is 0 Å². The Kier molecular flexibility index (Phi) is 3.82. The minimum atomic E-state index is -4.21. The third-order valence-corrected chi connectivity index (χ3v) is 4.65. The van der Waals surface area contributed by atoms with Crippen molar-refractivity contribution in [1.29, 1.82) is 0 Å². The van der Waals surface area contributed by atoms with Gasteiger partial charge in [0.25, 0.3) is 0 Å². The molecule has 1 aromatic heterocycles. The lowest BCUT2D eigenvalue weighted by Gasteiger charge is -2.08. The average molecular weight is 330 g/mol. The molecule has 0 saturated heterocycles. The molecule has 0 aliphatic heterocycles. The lowest BCUT2D eigenvalue weighted by atomic mass is 10.1. The van der Waals surface area contributed by atoms with Crippen molar-refractivity contribution in [2.24, 2.45) is 5.73 Å². The van der Waals surface area contributed by atoms with Crippen molar-refractivity contribution in [3.8, 4) is 0 Å². The Morgan fingerprint density at radius 3 is 2.39 bits per heavy atom. The Balaban J connectivity index is 1.90. The minimum absolute atomic E-state index is 0.00436. The van der Waals surface area contributed by atoms with Gasteiger partial charge in [0.2, 0.25) is 5.91 Å². The molecule has 1 heterocycles. The number of hydrogen-bond donors (Lipinski definition) is 3. The van der Waals surface area contributed by atoms with Gasteiger partial charge < -0.3 is 20.1 Å². The lowest BCUT2D eigenvalue weighted by Crippen LogP contribution is -2.10. The molecule has 0 aliphatic carbocycles. The highest BCUT2D eigenvalue weighted by Crippen LogP contribution is 2.32. The molecule has 0 saturated carbocycles. The normalized spacial score (nSPS) is 11.7. The molecule has 0 spiro atoms. The molecule has 118 valence electrons. The van der Waals surface area contributed by atoms with Crippen molar-refractivity contribution in [3.05, 3.63) is 65.9 Å². The fourth-order valence-electron chi connectivity index (χ4n) is 2.48. The van der Waals surface area contributed by atoms with Gasteiger partial charge in [-0.2, -0.15) is 0 Å². The topological polar surface area (TPSA) is 106 Å². The zero-order chi connectivity index (χ0) is 16.6. The van der Waals surface area contributed by atoms with Gasteiger partial charge in [-0.05, 0) is 42.0 Å². The maximum atomic E-state index is 11.2. The quantitative estimate of drug-likeness (QED) is 0.632. The average Bonchev–Trinajstić information content (AvgIpc) is 2.89. The van der Waals surface area contributed by atoms with Crippen LogP contribution in [0.25, 0.3) is 10.9 Å². The number of hydrogen-bond acceptors (Lipinski definition) is 2. The summed E-state index contributed by atoms with van der Waals surface area (Å²) in [4.78, 5) is 29.4. The number of fused-ring (bicyclic) bond motifs is 1.